The van der Waals surface area contributed by atoms with Crippen LogP contribution in [0.3, 0.4) is 0 Å². The highest BCUT2D eigenvalue weighted by molar-refractivity contribution is 8.00. The fourth-order valence-corrected chi connectivity index (χ4v) is 2.47. The highest BCUT2D eigenvalue weighted by Gasteiger charge is 2.10. The third kappa shape index (κ3) is 2.13. The number of nitrogens with two attached hydrogens (primary N) is 1. The molecule has 0 saturated carbocycles. The van der Waals surface area contributed by atoms with Gasteiger partial charge in [-0.2, -0.15) is 0 Å². The van der Waals surface area contributed by atoms with Gasteiger partial charge in [0.2, 0.25) is 0 Å². The quantitative estimate of drug-likeness (QED) is 0.800. The number of anilines is 1. The SMILES string of the molecule is CC(CO)Sc1c(N)cnc2ccccc12. The molecule has 3 N–H and O–H groups in total. The summed E-state index contributed by atoms with van der Waals surface area (Å²) in [6, 6.07) is 7.89. The normalized spacial score (nSPS) is 12.9. The standard InChI is InChI=1S/C12H14N2OS/c1-8(7-15)16-12-9-4-2-3-5-11(9)14-6-10(12)13/h2-6,8,15H,7,13H2,1H3. The predicted molar refractivity (Wildman–Crippen MR) is 68.6 cm³/mol. The number of rotatable bonds is 3. The van der Waals surface area contributed by atoms with E-state index >= 15 is 0 Å². The van der Waals surface area contributed by atoms with Gasteiger partial charge >= 0.3 is 0 Å². The number of fused-ring (bicyclic) bond motifs is 1. The molecule has 84 valence electrons. The van der Waals surface area contributed by atoms with Crippen LogP contribution in [0, 0.1) is 0 Å². The van der Waals surface area contributed by atoms with E-state index in [1.54, 1.807) is 18.0 Å². The maximum Gasteiger partial charge on any atom is 0.0714 e. The fourth-order valence-electron chi connectivity index (χ4n) is 1.50. The first-order valence-corrected chi connectivity index (χ1v) is 6.01. The second-order valence-corrected chi connectivity index (χ2v) is 5.12. The number of nitrogen functional groups attached to an aromatic ring is 1. The molecule has 0 saturated heterocycles. The van der Waals surface area contributed by atoms with E-state index in [2.05, 4.69) is 4.98 Å². The summed E-state index contributed by atoms with van der Waals surface area (Å²) in [5, 5.41) is 10.3. The smallest absolute Gasteiger partial charge is 0.0714 e. The lowest BCUT2D eigenvalue weighted by Gasteiger charge is -2.12. The first kappa shape index (κ1) is 11.2. The van der Waals surface area contributed by atoms with Crippen LogP contribution in [0.4, 0.5) is 5.69 Å². The first-order valence-electron chi connectivity index (χ1n) is 5.13. The predicted octanol–water partition coefficient (Wildman–Crippen LogP) is 2.29. The molecular weight excluding hydrogens is 220 g/mol. The minimum atomic E-state index is 0.133. The number of hydrogen-bond donors (Lipinski definition) is 2. The van der Waals surface area contributed by atoms with Crippen LogP contribution in [-0.2, 0) is 0 Å². The summed E-state index contributed by atoms with van der Waals surface area (Å²) < 4.78 is 0. The molecule has 2 rings (SSSR count). The minimum absolute atomic E-state index is 0.133. The number of thioether (sulfide) groups is 1. The van der Waals surface area contributed by atoms with Gasteiger partial charge in [-0.15, -0.1) is 11.8 Å². The molecule has 0 aliphatic rings. The van der Waals surface area contributed by atoms with Crippen LogP contribution in [0.1, 0.15) is 6.92 Å². The number of nitrogens with zero attached hydrogens (tertiary/aromatic N) is 1. The zero-order chi connectivity index (χ0) is 11.5. The average molecular weight is 234 g/mol. The molecule has 0 amide bonds. The van der Waals surface area contributed by atoms with Crippen LogP contribution in [0.25, 0.3) is 10.9 Å². The molecule has 0 radical (unpaired) electrons. The van der Waals surface area contributed by atoms with Crippen LogP contribution in [0.5, 0.6) is 0 Å². The molecular formula is C12H14N2OS. The third-order valence-corrected chi connectivity index (χ3v) is 3.57. The monoisotopic (exact) mass is 234 g/mol. The van der Waals surface area contributed by atoms with Gasteiger partial charge < -0.3 is 10.8 Å². The van der Waals surface area contributed by atoms with E-state index in [1.165, 1.54) is 0 Å². The van der Waals surface area contributed by atoms with Crippen molar-refractivity contribution in [2.24, 2.45) is 0 Å². The number of pyridine rings is 1. The summed E-state index contributed by atoms with van der Waals surface area (Å²) >= 11 is 1.58. The van der Waals surface area contributed by atoms with Crippen LogP contribution in [-0.4, -0.2) is 21.9 Å². The van der Waals surface area contributed by atoms with E-state index < -0.39 is 0 Å². The van der Waals surface area contributed by atoms with E-state index in [0.717, 1.165) is 15.8 Å². The molecule has 0 aliphatic carbocycles. The van der Waals surface area contributed by atoms with Gasteiger partial charge in [-0.25, -0.2) is 0 Å². The van der Waals surface area contributed by atoms with Gasteiger partial charge in [0.25, 0.3) is 0 Å². The van der Waals surface area contributed by atoms with E-state index in [0.29, 0.717) is 5.69 Å². The van der Waals surface area contributed by atoms with Crippen molar-refractivity contribution in [2.75, 3.05) is 12.3 Å². The van der Waals surface area contributed by atoms with E-state index in [9.17, 15) is 0 Å². The summed E-state index contributed by atoms with van der Waals surface area (Å²) in [5.41, 5.74) is 7.53. The number of aromatic nitrogens is 1. The largest absolute Gasteiger partial charge is 0.397 e. The molecule has 1 aromatic heterocycles. The van der Waals surface area contributed by atoms with Crippen LogP contribution in [0.15, 0.2) is 35.4 Å². The molecule has 16 heavy (non-hydrogen) atoms. The summed E-state index contributed by atoms with van der Waals surface area (Å²) in [6.45, 7) is 2.11. The molecule has 0 bridgehead atoms. The molecule has 1 atom stereocenters. The number of aliphatic hydroxyl groups is 1. The van der Waals surface area contributed by atoms with Crippen molar-refractivity contribution in [1.29, 1.82) is 0 Å². The third-order valence-electron chi connectivity index (χ3n) is 2.33. The number of benzene rings is 1. The Balaban J connectivity index is 2.52. The lowest BCUT2D eigenvalue weighted by Crippen LogP contribution is -2.03. The molecule has 1 heterocycles. The summed E-state index contributed by atoms with van der Waals surface area (Å²) in [6.07, 6.45) is 1.68. The Kier molecular flexibility index (Phi) is 3.31. The summed E-state index contributed by atoms with van der Waals surface area (Å²) in [5.74, 6) is 0. The highest BCUT2D eigenvalue weighted by atomic mass is 32.2. The van der Waals surface area contributed by atoms with Crippen LogP contribution in [0.2, 0.25) is 0 Å². The molecule has 0 spiro atoms. The molecule has 1 aromatic carbocycles. The van der Waals surface area contributed by atoms with Crippen molar-refractivity contribution in [2.45, 2.75) is 17.1 Å². The lowest BCUT2D eigenvalue weighted by molar-refractivity contribution is 0.300. The summed E-state index contributed by atoms with van der Waals surface area (Å²) in [7, 11) is 0. The van der Waals surface area contributed by atoms with Crippen LogP contribution >= 0.6 is 11.8 Å². The van der Waals surface area contributed by atoms with E-state index in [-0.39, 0.29) is 11.9 Å². The van der Waals surface area contributed by atoms with Crippen molar-refractivity contribution < 1.29 is 5.11 Å². The van der Waals surface area contributed by atoms with Gasteiger partial charge in [-0.1, -0.05) is 25.1 Å². The zero-order valence-electron chi connectivity index (χ0n) is 9.05. The van der Waals surface area contributed by atoms with Crippen molar-refractivity contribution >= 4 is 28.4 Å². The lowest BCUT2D eigenvalue weighted by atomic mass is 10.2. The second-order valence-electron chi connectivity index (χ2n) is 3.67. The minimum Gasteiger partial charge on any atom is -0.397 e. The molecule has 3 nitrogen and oxygen atoms in total. The highest BCUT2D eigenvalue weighted by Crippen LogP contribution is 2.34. The molecule has 0 aliphatic heterocycles. The Labute approximate surface area is 98.7 Å². The molecule has 0 fully saturated rings. The first-order chi connectivity index (χ1) is 7.72. The second kappa shape index (κ2) is 4.72. The molecule has 4 heteroatoms. The van der Waals surface area contributed by atoms with Gasteiger partial charge in [0.1, 0.15) is 0 Å². The Morgan fingerprint density at radius 3 is 2.94 bits per heavy atom. The Bertz CT molecular complexity index is 501. The van der Waals surface area contributed by atoms with E-state index in [1.807, 2.05) is 31.2 Å². The number of para-hydroxylation sites is 1. The van der Waals surface area contributed by atoms with Crippen molar-refractivity contribution in [3.8, 4) is 0 Å². The summed E-state index contributed by atoms with van der Waals surface area (Å²) in [4.78, 5) is 5.28. The van der Waals surface area contributed by atoms with Gasteiger partial charge in [-0.05, 0) is 6.07 Å². The zero-order valence-corrected chi connectivity index (χ0v) is 9.87. The van der Waals surface area contributed by atoms with E-state index in [4.69, 9.17) is 10.8 Å². The Morgan fingerprint density at radius 2 is 2.19 bits per heavy atom. The Morgan fingerprint density at radius 1 is 1.44 bits per heavy atom. The number of hydrogen-bond acceptors (Lipinski definition) is 4. The van der Waals surface area contributed by atoms with Crippen molar-refractivity contribution in [1.82, 2.24) is 4.98 Å². The number of aliphatic hydroxyl groups excluding tert-OH is 1. The average Bonchev–Trinajstić information content (AvgIpc) is 2.32. The van der Waals surface area contributed by atoms with Crippen LogP contribution < -0.4 is 5.73 Å². The molecule has 2 aromatic rings. The maximum absolute atomic E-state index is 9.08. The topological polar surface area (TPSA) is 59.1 Å². The maximum atomic E-state index is 9.08. The Hall–Kier alpha value is -1.26. The van der Waals surface area contributed by atoms with Crippen molar-refractivity contribution in [3.05, 3.63) is 30.5 Å². The molecule has 1 unspecified atom stereocenters. The van der Waals surface area contributed by atoms with Gasteiger partial charge in [-0.3, -0.25) is 4.98 Å². The van der Waals surface area contributed by atoms with Crippen molar-refractivity contribution in [3.63, 3.8) is 0 Å². The van der Waals surface area contributed by atoms with Gasteiger partial charge in [0.05, 0.1) is 24.0 Å². The van der Waals surface area contributed by atoms with Gasteiger partial charge in [0, 0.05) is 15.5 Å². The fraction of sp³-hybridized carbons (Fsp3) is 0.250. The van der Waals surface area contributed by atoms with Gasteiger partial charge in [0.15, 0.2) is 0 Å².